The maximum absolute atomic E-state index is 11.7. The maximum atomic E-state index is 11.7. The zero-order chi connectivity index (χ0) is 10.8. The zero-order valence-electron chi connectivity index (χ0n) is 7.99. The standard InChI is InChI=1S/C9H9BrN4O/c1-14-5-6(10)4-7(14)8(15)13-9-11-2-3-12-9/h2-5H,1H3,(H2,11,12,13,15). The first-order valence-electron chi connectivity index (χ1n) is 4.29. The SMILES string of the molecule is Cn1cc(Br)cc1C(=O)Nc1ncc[nH]1. The predicted octanol–water partition coefficient (Wildman–Crippen LogP) is 1.76. The van der Waals surface area contributed by atoms with E-state index in [1.54, 1.807) is 23.0 Å². The summed E-state index contributed by atoms with van der Waals surface area (Å²) < 4.78 is 2.61. The number of nitrogens with zero attached hydrogens (tertiary/aromatic N) is 2. The van der Waals surface area contributed by atoms with E-state index in [1.165, 1.54) is 0 Å². The highest BCUT2D eigenvalue weighted by Crippen LogP contribution is 2.14. The van der Waals surface area contributed by atoms with Gasteiger partial charge in [-0.3, -0.25) is 10.1 Å². The van der Waals surface area contributed by atoms with Gasteiger partial charge in [-0.25, -0.2) is 4.98 Å². The monoisotopic (exact) mass is 268 g/mol. The molecule has 2 N–H and O–H groups in total. The average Bonchev–Trinajstić information content (AvgIpc) is 2.75. The second-order valence-corrected chi connectivity index (χ2v) is 3.96. The Bertz CT molecular complexity index is 474. The summed E-state index contributed by atoms with van der Waals surface area (Å²) in [4.78, 5) is 18.4. The summed E-state index contributed by atoms with van der Waals surface area (Å²) in [5.74, 6) is 0.246. The molecule has 2 aromatic rings. The summed E-state index contributed by atoms with van der Waals surface area (Å²) in [5, 5.41) is 2.65. The highest BCUT2D eigenvalue weighted by atomic mass is 79.9. The molecule has 0 aliphatic heterocycles. The second-order valence-electron chi connectivity index (χ2n) is 3.05. The van der Waals surface area contributed by atoms with Crippen LogP contribution in [0.2, 0.25) is 0 Å². The summed E-state index contributed by atoms with van der Waals surface area (Å²) in [7, 11) is 1.81. The molecular formula is C9H9BrN4O. The molecule has 0 atom stereocenters. The topological polar surface area (TPSA) is 62.7 Å². The Morgan fingerprint density at radius 2 is 2.47 bits per heavy atom. The van der Waals surface area contributed by atoms with E-state index >= 15 is 0 Å². The minimum atomic E-state index is -0.196. The number of amides is 1. The van der Waals surface area contributed by atoms with E-state index in [2.05, 4.69) is 31.2 Å². The number of aromatic amines is 1. The Kier molecular flexibility index (Phi) is 2.59. The Balaban J connectivity index is 2.18. The normalized spacial score (nSPS) is 10.3. The second kappa shape index (κ2) is 3.90. The van der Waals surface area contributed by atoms with E-state index in [0.717, 1.165) is 4.47 Å². The van der Waals surface area contributed by atoms with Crippen molar-refractivity contribution in [1.29, 1.82) is 0 Å². The Labute approximate surface area is 94.6 Å². The first-order valence-corrected chi connectivity index (χ1v) is 5.08. The molecule has 0 fully saturated rings. The van der Waals surface area contributed by atoms with Gasteiger partial charge in [0.25, 0.3) is 5.91 Å². The van der Waals surface area contributed by atoms with Gasteiger partial charge in [-0.15, -0.1) is 0 Å². The number of anilines is 1. The van der Waals surface area contributed by atoms with E-state index in [1.807, 2.05) is 13.2 Å². The molecule has 5 nitrogen and oxygen atoms in total. The van der Waals surface area contributed by atoms with Crippen molar-refractivity contribution in [3.8, 4) is 0 Å². The van der Waals surface area contributed by atoms with Crippen LogP contribution in [0.4, 0.5) is 5.95 Å². The number of imidazole rings is 1. The van der Waals surface area contributed by atoms with Crippen LogP contribution in [0.25, 0.3) is 0 Å². The largest absolute Gasteiger partial charge is 0.345 e. The fourth-order valence-corrected chi connectivity index (χ4v) is 1.78. The van der Waals surface area contributed by atoms with E-state index in [-0.39, 0.29) is 5.91 Å². The predicted molar refractivity (Wildman–Crippen MR) is 59.7 cm³/mol. The van der Waals surface area contributed by atoms with Crippen LogP contribution in [0.1, 0.15) is 10.5 Å². The number of aryl methyl sites for hydroxylation is 1. The van der Waals surface area contributed by atoms with Crippen molar-refractivity contribution < 1.29 is 4.79 Å². The molecule has 0 unspecified atom stereocenters. The van der Waals surface area contributed by atoms with Gasteiger partial charge >= 0.3 is 0 Å². The van der Waals surface area contributed by atoms with Gasteiger partial charge in [0.2, 0.25) is 5.95 Å². The summed E-state index contributed by atoms with van der Waals surface area (Å²) in [6, 6.07) is 1.75. The van der Waals surface area contributed by atoms with E-state index in [0.29, 0.717) is 11.6 Å². The van der Waals surface area contributed by atoms with E-state index in [9.17, 15) is 4.79 Å². The number of halogens is 1. The first kappa shape index (κ1) is 9.97. The molecule has 2 aromatic heterocycles. The number of nitrogens with one attached hydrogen (secondary N) is 2. The highest BCUT2D eigenvalue weighted by molar-refractivity contribution is 9.10. The lowest BCUT2D eigenvalue weighted by Crippen LogP contribution is -2.16. The van der Waals surface area contributed by atoms with Crippen LogP contribution in [0, 0.1) is 0 Å². The van der Waals surface area contributed by atoms with Crippen LogP contribution in [-0.2, 0) is 7.05 Å². The Morgan fingerprint density at radius 3 is 3.00 bits per heavy atom. The maximum Gasteiger partial charge on any atom is 0.274 e. The molecule has 6 heteroatoms. The summed E-state index contributed by atoms with van der Waals surface area (Å²) >= 11 is 3.30. The third-order valence-corrected chi connectivity index (χ3v) is 2.37. The van der Waals surface area contributed by atoms with Crippen molar-refractivity contribution in [3.63, 3.8) is 0 Å². The van der Waals surface area contributed by atoms with Crippen LogP contribution in [0.15, 0.2) is 29.1 Å². The number of carbonyl (C=O) groups is 1. The molecule has 1 amide bonds. The summed E-state index contributed by atoms with van der Waals surface area (Å²) in [6.45, 7) is 0. The molecule has 15 heavy (non-hydrogen) atoms. The lowest BCUT2D eigenvalue weighted by atomic mass is 10.4. The van der Waals surface area contributed by atoms with Crippen molar-refractivity contribution in [1.82, 2.24) is 14.5 Å². The number of hydrogen-bond acceptors (Lipinski definition) is 2. The van der Waals surface area contributed by atoms with Crippen LogP contribution >= 0.6 is 15.9 Å². The van der Waals surface area contributed by atoms with Crippen molar-refractivity contribution in [2.75, 3.05) is 5.32 Å². The quantitative estimate of drug-likeness (QED) is 0.872. The van der Waals surface area contributed by atoms with Crippen LogP contribution < -0.4 is 5.32 Å². The van der Waals surface area contributed by atoms with Gasteiger partial charge in [0.15, 0.2) is 0 Å². The average molecular weight is 269 g/mol. The van der Waals surface area contributed by atoms with Crippen molar-refractivity contribution >= 4 is 27.8 Å². The smallest absolute Gasteiger partial charge is 0.274 e. The fraction of sp³-hybridized carbons (Fsp3) is 0.111. The molecule has 0 spiro atoms. The first-order chi connectivity index (χ1) is 7.16. The molecular weight excluding hydrogens is 260 g/mol. The number of hydrogen-bond donors (Lipinski definition) is 2. The fourth-order valence-electron chi connectivity index (χ4n) is 1.26. The van der Waals surface area contributed by atoms with Crippen molar-refractivity contribution in [3.05, 3.63) is 34.8 Å². The van der Waals surface area contributed by atoms with Crippen LogP contribution in [-0.4, -0.2) is 20.4 Å². The Morgan fingerprint density at radius 1 is 1.67 bits per heavy atom. The van der Waals surface area contributed by atoms with Crippen LogP contribution in [0.3, 0.4) is 0 Å². The molecule has 0 aliphatic rings. The molecule has 2 heterocycles. The van der Waals surface area contributed by atoms with Crippen molar-refractivity contribution in [2.24, 2.45) is 7.05 Å². The minimum absolute atomic E-state index is 0.196. The van der Waals surface area contributed by atoms with E-state index < -0.39 is 0 Å². The number of aromatic nitrogens is 3. The third kappa shape index (κ3) is 2.10. The molecule has 0 saturated heterocycles. The zero-order valence-corrected chi connectivity index (χ0v) is 9.58. The third-order valence-electron chi connectivity index (χ3n) is 1.93. The lowest BCUT2D eigenvalue weighted by Gasteiger charge is -2.02. The number of rotatable bonds is 2. The Hall–Kier alpha value is -1.56. The molecule has 0 saturated carbocycles. The molecule has 78 valence electrons. The molecule has 0 aliphatic carbocycles. The minimum Gasteiger partial charge on any atom is -0.345 e. The highest BCUT2D eigenvalue weighted by Gasteiger charge is 2.11. The van der Waals surface area contributed by atoms with Gasteiger partial charge in [-0.05, 0) is 22.0 Å². The van der Waals surface area contributed by atoms with Gasteiger partial charge in [0.05, 0.1) is 0 Å². The summed E-state index contributed by atoms with van der Waals surface area (Å²) in [5.41, 5.74) is 0.568. The molecule has 0 radical (unpaired) electrons. The van der Waals surface area contributed by atoms with Gasteiger partial charge in [-0.2, -0.15) is 0 Å². The molecule has 0 aromatic carbocycles. The van der Waals surface area contributed by atoms with Gasteiger partial charge < -0.3 is 9.55 Å². The molecule has 2 rings (SSSR count). The van der Waals surface area contributed by atoms with Gasteiger partial charge in [-0.1, -0.05) is 0 Å². The lowest BCUT2D eigenvalue weighted by molar-refractivity contribution is 0.101. The van der Waals surface area contributed by atoms with Gasteiger partial charge in [0, 0.05) is 30.1 Å². The summed E-state index contributed by atoms with van der Waals surface area (Å²) in [6.07, 6.45) is 5.05. The van der Waals surface area contributed by atoms with Gasteiger partial charge in [0.1, 0.15) is 5.69 Å². The number of H-pyrrole nitrogens is 1. The van der Waals surface area contributed by atoms with Crippen molar-refractivity contribution in [2.45, 2.75) is 0 Å². The van der Waals surface area contributed by atoms with Crippen LogP contribution in [0.5, 0.6) is 0 Å². The number of carbonyl (C=O) groups excluding carboxylic acids is 1. The molecule has 0 bridgehead atoms. The van der Waals surface area contributed by atoms with E-state index in [4.69, 9.17) is 0 Å².